The number of hydrogen-bond donors (Lipinski definition) is 1. The van der Waals surface area contributed by atoms with Crippen molar-refractivity contribution in [3.63, 3.8) is 0 Å². The molecular formula is C18H31N. The van der Waals surface area contributed by atoms with Crippen molar-refractivity contribution in [1.82, 2.24) is 5.32 Å². The number of benzene rings is 1. The van der Waals surface area contributed by atoms with Crippen LogP contribution in [-0.4, -0.2) is 12.6 Å². The molecule has 1 nitrogen and oxygen atoms in total. The van der Waals surface area contributed by atoms with Crippen molar-refractivity contribution >= 4 is 0 Å². The third kappa shape index (κ3) is 4.99. The standard InChI is InChI=1S/C18H31N/c1-7-13(3)11-17(19-8-2)12-18-15(5)9-14(4)10-16(18)6/h9-10,13,17,19H,7-8,11-12H2,1-6H3. The molecule has 1 heteroatoms. The maximum Gasteiger partial charge on any atom is 0.0110 e. The highest BCUT2D eigenvalue weighted by molar-refractivity contribution is 5.38. The molecule has 1 N–H and O–H groups in total. The van der Waals surface area contributed by atoms with Gasteiger partial charge >= 0.3 is 0 Å². The first-order chi connectivity index (χ1) is 8.97. The van der Waals surface area contributed by atoms with Crippen molar-refractivity contribution < 1.29 is 0 Å². The van der Waals surface area contributed by atoms with Gasteiger partial charge < -0.3 is 5.32 Å². The van der Waals surface area contributed by atoms with Gasteiger partial charge in [0.25, 0.3) is 0 Å². The summed E-state index contributed by atoms with van der Waals surface area (Å²) in [5.74, 6) is 0.801. The summed E-state index contributed by atoms with van der Waals surface area (Å²) in [5, 5.41) is 3.67. The predicted molar refractivity (Wildman–Crippen MR) is 85.9 cm³/mol. The maximum atomic E-state index is 3.67. The van der Waals surface area contributed by atoms with Gasteiger partial charge in [0, 0.05) is 6.04 Å². The van der Waals surface area contributed by atoms with E-state index in [-0.39, 0.29) is 0 Å². The zero-order valence-corrected chi connectivity index (χ0v) is 13.6. The Bertz CT molecular complexity index is 372. The molecule has 2 unspecified atom stereocenters. The quantitative estimate of drug-likeness (QED) is 0.758. The van der Waals surface area contributed by atoms with Crippen LogP contribution in [0.25, 0.3) is 0 Å². The Morgan fingerprint density at radius 2 is 1.63 bits per heavy atom. The summed E-state index contributed by atoms with van der Waals surface area (Å²) in [6.07, 6.45) is 3.71. The number of likely N-dealkylation sites (N-methyl/N-ethyl adjacent to an activating group) is 1. The molecule has 0 bridgehead atoms. The fraction of sp³-hybridized carbons (Fsp3) is 0.667. The Morgan fingerprint density at radius 1 is 1.05 bits per heavy atom. The highest BCUT2D eigenvalue weighted by Gasteiger charge is 2.14. The zero-order chi connectivity index (χ0) is 14.4. The molecule has 19 heavy (non-hydrogen) atoms. The van der Waals surface area contributed by atoms with Crippen LogP contribution in [0.15, 0.2) is 12.1 Å². The highest BCUT2D eigenvalue weighted by Crippen LogP contribution is 2.21. The fourth-order valence-corrected chi connectivity index (χ4v) is 2.96. The molecule has 0 heterocycles. The Balaban J connectivity index is 2.84. The van der Waals surface area contributed by atoms with Crippen molar-refractivity contribution in [3.05, 3.63) is 34.4 Å². The van der Waals surface area contributed by atoms with Gasteiger partial charge in [-0.3, -0.25) is 0 Å². The number of hydrogen-bond acceptors (Lipinski definition) is 1. The van der Waals surface area contributed by atoms with Crippen LogP contribution in [0.3, 0.4) is 0 Å². The van der Waals surface area contributed by atoms with Gasteiger partial charge in [0.05, 0.1) is 0 Å². The fourth-order valence-electron chi connectivity index (χ4n) is 2.96. The first-order valence-electron chi connectivity index (χ1n) is 7.78. The van der Waals surface area contributed by atoms with Crippen molar-refractivity contribution in [3.8, 4) is 0 Å². The van der Waals surface area contributed by atoms with Gasteiger partial charge in [-0.25, -0.2) is 0 Å². The Kier molecular flexibility index (Phi) is 6.57. The molecule has 0 saturated carbocycles. The van der Waals surface area contributed by atoms with Gasteiger partial charge in [0.15, 0.2) is 0 Å². The molecule has 0 saturated heterocycles. The average molecular weight is 261 g/mol. The van der Waals surface area contributed by atoms with Gasteiger partial charge in [0.1, 0.15) is 0 Å². The third-order valence-electron chi connectivity index (χ3n) is 4.17. The molecule has 0 aliphatic carbocycles. The van der Waals surface area contributed by atoms with E-state index in [1.54, 1.807) is 5.56 Å². The summed E-state index contributed by atoms with van der Waals surface area (Å²) in [6, 6.07) is 5.24. The van der Waals surface area contributed by atoms with E-state index in [1.165, 1.54) is 29.5 Å². The third-order valence-corrected chi connectivity index (χ3v) is 4.17. The van der Waals surface area contributed by atoms with Crippen LogP contribution in [0.4, 0.5) is 0 Å². The zero-order valence-electron chi connectivity index (χ0n) is 13.6. The van der Waals surface area contributed by atoms with Crippen LogP contribution in [0.2, 0.25) is 0 Å². The smallest absolute Gasteiger partial charge is 0.0110 e. The molecule has 108 valence electrons. The van der Waals surface area contributed by atoms with Gasteiger partial charge in [-0.15, -0.1) is 0 Å². The second-order valence-corrected chi connectivity index (χ2v) is 6.09. The lowest BCUT2D eigenvalue weighted by molar-refractivity contribution is 0.396. The largest absolute Gasteiger partial charge is 0.314 e. The van der Waals surface area contributed by atoms with Crippen LogP contribution in [0.5, 0.6) is 0 Å². The van der Waals surface area contributed by atoms with E-state index < -0.39 is 0 Å². The molecule has 0 spiro atoms. The molecular weight excluding hydrogens is 230 g/mol. The van der Waals surface area contributed by atoms with Crippen molar-refractivity contribution in [2.45, 2.75) is 66.8 Å². The minimum Gasteiger partial charge on any atom is -0.314 e. The Labute approximate surface area is 119 Å². The molecule has 0 fully saturated rings. The van der Waals surface area contributed by atoms with Gasteiger partial charge in [-0.1, -0.05) is 44.9 Å². The average Bonchev–Trinajstić information content (AvgIpc) is 2.33. The van der Waals surface area contributed by atoms with Crippen LogP contribution >= 0.6 is 0 Å². The molecule has 0 aliphatic heterocycles. The van der Waals surface area contributed by atoms with Crippen molar-refractivity contribution in [1.29, 1.82) is 0 Å². The van der Waals surface area contributed by atoms with Gasteiger partial charge in [-0.05, 0) is 62.8 Å². The molecule has 0 amide bonds. The van der Waals surface area contributed by atoms with Crippen LogP contribution in [0.1, 0.15) is 55.9 Å². The second-order valence-electron chi connectivity index (χ2n) is 6.09. The number of aryl methyl sites for hydroxylation is 3. The van der Waals surface area contributed by atoms with E-state index in [0.29, 0.717) is 6.04 Å². The molecule has 2 atom stereocenters. The number of rotatable bonds is 7. The normalized spacial score (nSPS) is 14.4. The Morgan fingerprint density at radius 3 is 2.11 bits per heavy atom. The molecule has 0 aromatic heterocycles. The summed E-state index contributed by atoms with van der Waals surface area (Å²) in [4.78, 5) is 0. The molecule has 1 aromatic rings. The lowest BCUT2D eigenvalue weighted by atomic mass is 9.90. The lowest BCUT2D eigenvalue weighted by Gasteiger charge is -2.23. The molecule has 0 aliphatic rings. The summed E-state index contributed by atoms with van der Waals surface area (Å²) in [6.45, 7) is 14.6. The molecule has 0 radical (unpaired) electrons. The summed E-state index contributed by atoms with van der Waals surface area (Å²) in [7, 11) is 0. The topological polar surface area (TPSA) is 12.0 Å². The van der Waals surface area contributed by atoms with Crippen LogP contribution in [-0.2, 0) is 6.42 Å². The summed E-state index contributed by atoms with van der Waals surface area (Å²) < 4.78 is 0. The van der Waals surface area contributed by atoms with E-state index in [2.05, 4.69) is 59.0 Å². The van der Waals surface area contributed by atoms with E-state index >= 15 is 0 Å². The minimum atomic E-state index is 0.611. The monoisotopic (exact) mass is 261 g/mol. The summed E-state index contributed by atoms with van der Waals surface area (Å²) in [5.41, 5.74) is 5.81. The van der Waals surface area contributed by atoms with Gasteiger partial charge in [-0.2, -0.15) is 0 Å². The van der Waals surface area contributed by atoms with E-state index in [9.17, 15) is 0 Å². The Hall–Kier alpha value is -0.820. The van der Waals surface area contributed by atoms with Crippen molar-refractivity contribution in [2.75, 3.05) is 6.54 Å². The lowest BCUT2D eigenvalue weighted by Crippen LogP contribution is -2.33. The van der Waals surface area contributed by atoms with Crippen LogP contribution in [0, 0.1) is 26.7 Å². The first kappa shape index (κ1) is 16.2. The second kappa shape index (κ2) is 7.69. The SMILES string of the molecule is CCNC(Cc1c(C)cc(C)cc1C)CC(C)CC. The molecule has 1 aromatic carbocycles. The predicted octanol–water partition coefficient (Wildman–Crippen LogP) is 4.57. The minimum absolute atomic E-state index is 0.611. The molecule has 1 rings (SSSR count). The van der Waals surface area contributed by atoms with E-state index in [1.807, 2.05) is 0 Å². The maximum absolute atomic E-state index is 3.67. The summed E-state index contributed by atoms with van der Waals surface area (Å²) >= 11 is 0. The number of nitrogens with one attached hydrogen (secondary N) is 1. The highest BCUT2D eigenvalue weighted by atomic mass is 14.9. The van der Waals surface area contributed by atoms with Crippen molar-refractivity contribution in [2.24, 2.45) is 5.92 Å². The van der Waals surface area contributed by atoms with E-state index in [0.717, 1.165) is 18.9 Å². The first-order valence-corrected chi connectivity index (χ1v) is 7.78. The van der Waals surface area contributed by atoms with Crippen LogP contribution < -0.4 is 5.32 Å². The van der Waals surface area contributed by atoms with E-state index in [4.69, 9.17) is 0 Å². The van der Waals surface area contributed by atoms with Gasteiger partial charge in [0.2, 0.25) is 0 Å².